The summed E-state index contributed by atoms with van der Waals surface area (Å²) in [6.07, 6.45) is 10.5. The Balaban J connectivity index is 1.56. The first-order valence-corrected chi connectivity index (χ1v) is 8.40. The van der Waals surface area contributed by atoms with Crippen LogP contribution in [0.1, 0.15) is 24.8 Å². The molecule has 0 aromatic carbocycles. The standard InChI is InChI=1S/C16H25N7O/c1-20(8-14-7-18-21(2)9-14)16(24)11-22-6-4-3-5-15(22)10-23-13-17-12-19-23/h7,9,12-13,15H,3-6,8,10-11H2,1-2H3/t15-/m0/s1. The molecule has 2 aromatic rings. The number of carbonyl (C=O) groups excluding carboxylic acids is 1. The van der Waals surface area contributed by atoms with Gasteiger partial charge in [-0.15, -0.1) is 0 Å². The summed E-state index contributed by atoms with van der Waals surface area (Å²) in [6, 6.07) is 0.344. The molecule has 3 heterocycles. The lowest BCUT2D eigenvalue weighted by Gasteiger charge is -2.35. The Morgan fingerprint density at radius 2 is 2.25 bits per heavy atom. The molecule has 8 heteroatoms. The van der Waals surface area contributed by atoms with Crippen LogP contribution in [0.5, 0.6) is 0 Å². The Hall–Kier alpha value is -2.22. The fourth-order valence-corrected chi connectivity index (χ4v) is 3.23. The highest BCUT2D eigenvalue weighted by atomic mass is 16.2. The summed E-state index contributed by atoms with van der Waals surface area (Å²) < 4.78 is 3.61. The molecule has 0 saturated carbocycles. The number of likely N-dealkylation sites (tertiary alicyclic amines) is 1. The molecule has 0 spiro atoms. The smallest absolute Gasteiger partial charge is 0.236 e. The molecule has 0 N–H and O–H groups in total. The summed E-state index contributed by atoms with van der Waals surface area (Å²) in [5.41, 5.74) is 1.05. The number of aromatic nitrogens is 5. The van der Waals surface area contributed by atoms with Crippen molar-refractivity contribution in [2.45, 2.75) is 38.4 Å². The van der Waals surface area contributed by atoms with E-state index in [0.29, 0.717) is 19.1 Å². The molecule has 2 aromatic heterocycles. The largest absolute Gasteiger partial charge is 0.340 e. The molecule has 8 nitrogen and oxygen atoms in total. The molecule has 0 unspecified atom stereocenters. The lowest BCUT2D eigenvalue weighted by molar-refractivity contribution is -0.132. The van der Waals surface area contributed by atoms with Gasteiger partial charge in [0.25, 0.3) is 0 Å². The zero-order chi connectivity index (χ0) is 16.9. The van der Waals surface area contributed by atoms with Gasteiger partial charge in [-0.25, -0.2) is 4.98 Å². The number of likely N-dealkylation sites (N-methyl/N-ethyl adjacent to an activating group) is 1. The van der Waals surface area contributed by atoms with E-state index in [2.05, 4.69) is 20.1 Å². The number of hydrogen-bond donors (Lipinski definition) is 0. The molecular weight excluding hydrogens is 306 g/mol. The minimum absolute atomic E-state index is 0.143. The lowest BCUT2D eigenvalue weighted by atomic mass is 10.0. The Kier molecular flexibility index (Phi) is 5.24. The van der Waals surface area contributed by atoms with Crippen molar-refractivity contribution in [2.75, 3.05) is 20.1 Å². The first kappa shape index (κ1) is 16.6. The van der Waals surface area contributed by atoms with E-state index in [1.807, 2.05) is 25.0 Å². The van der Waals surface area contributed by atoms with Gasteiger partial charge < -0.3 is 4.90 Å². The van der Waals surface area contributed by atoms with Crippen molar-refractivity contribution in [1.82, 2.24) is 34.3 Å². The highest BCUT2D eigenvalue weighted by Gasteiger charge is 2.26. The summed E-state index contributed by atoms with van der Waals surface area (Å²) in [6.45, 7) is 2.80. The minimum Gasteiger partial charge on any atom is -0.340 e. The highest BCUT2D eigenvalue weighted by Crippen LogP contribution is 2.18. The van der Waals surface area contributed by atoms with Crippen LogP contribution in [0, 0.1) is 0 Å². The van der Waals surface area contributed by atoms with Gasteiger partial charge in [-0.2, -0.15) is 10.2 Å². The van der Waals surface area contributed by atoms with E-state index in [9.17, 15) is 4.79 Å². The van der Waals surface area contributed by atoms with Crippen LogP contribution in [0.3, 0.4) is 0 Å². The Bertz CT molecular complexity index is 651. The first-order chi connectivity index (χ1) is 11.6. The van der Waals surface area contributed by atoms with Crippen LogP contribution in [0.4, 0.5) is 0 Å². The molecule has 0 radical (unpaired) electrons. The third-order valence-electron chi connectivity index (χ3n) is 4.56. The monoisotopic (exact) mass is 331 g/mol. The molecule has 1 fully saturated rings. The number of nitrogens with zero attached hydrogens (tertiary/aromatic N) is 7. The summed E-state index contributed by atoms with van der Waals surface area (Å²) >= 11 is 0. The summed E-state index contributed by atoms with van der Waals surface area (Å²) in [7, 11) is 3.74. The van der Waals surface area contributed by atoms with E-state index in [1.54, 1.807) is 28.4 Å². The molecule has 3 rings (SSSR count). The quantitative estimate of drug-likeness (QED) is 0.772. The molecule has 0 aliphatic carbocycles. The highest BCUT2D eigenvalue weighted by molar-refractivity contribution is 5.78. The maximum atomic E-state index is 12.6. The molecule has 130 valence electrons. The number of rotatable bonds is 6. The van der Waals surface area contributed by atoms with Crippen LogP contribution < -0.4 is 0 Å². The van der Waals surface area contributed by atoms with Crippen molar-refractivity contribution >= 4 is 5.91 Å². The fraction of sp³-hybridized carbons (Fsp3) is 0.625. The number of amides is 1. The molecule has 0 bridgehead atoms. The van der Waals surface area contributed by atoms with Gasteiger partial charge in [0.2, 0.25) is 5.91 Å². The second kappa shape index (κ2) is 7.57. The van der Waals surface area contributed by atoms with Gasteiger partial charge in [0.05, 0.1) is 19.3 Å². The van der Waals surface area contributed by atoms with Gasteiger partial charge in [-0.3, -0.25) is 19.1 Å². The minimum atomic E-state index is 0.143. The zero-order valence-electron chi connectivity index (χ0n) is 14.4. The molecule has 1 amide bonds. The van der Waals surface area contributed by atoms with Crippen molar-refractivity contribution < 1.29 is 4.79 Å². The van der Waals surface area contributed by atoms with E-state index in [-0.39, 0.29) is 5.91 Å². The van der Waals surface area contributed by atoms with Crippen molar-refractivity contribution in [3.05, 3.63) is 30.6 Å². The van der Waals surface area contributed by atoms with Crippen LogP contribution >= 0.6 is 0 Å². The van der Waals surface area contributed by atoms with E-state index in [4.69, 9.17) is 0 Å². The van der Waals surface area contributed by atoms with Crippen molar-refractivity contribution in [3.63, 3.8) is 0 Å². The Morgan fingerprint density at radius 1 is 1.38 bits per heavy atom. The number of aryl methyl sites for hydroxylation is 1. The SMILES string of the molecule is CN(Cc1cnn(C)c1)C(=O)CN1CCCC[C@H]1Cn1cncn1. The van der Waals surface area contributed by atoms with Crippen LogP contribution in [-0.2, 0) is 24.9 Å². The van der Waals surface area contributed by atoms with Gasteiger partial charge in [-0.05, 0) is 19.4 Å². The van der Waals surface area contributed by atoms with Crippen LogP contribution in [0.25, 0.3) is 0 Å². The number of carbonyl (C=O) groups is 1. The van der Waals surface area contributed by atoms with Crippen molar-refractivity contribution in [1.29, 1.82) is 0 Å². The summed E-state index contributed by atoms with van der Waals surface area (Å²) in [5, 5.41) is 8.34. The average molecular weight is 331 g/mol. The predicted octanol–water partition coefficient (Wildman–Crippen LogP) is 0.525. The summed E-state index contributed by atoms with van der Waals surface area (Å²) in [4.78, 5) is 20.7. The van der Waals surface area contributed by atoms with Crippen molar-refractivity contribution in [2.24, 2.45) is 7.05 Å². The third kappa shape index (κ3) is 4.19. The van der Waals surface area contributed by atoms with Crippen LogP contribution in [-0.4, -0.2) is 66.4 Å². The van der Waals surface area contributed by atoms with Crippen LogP contribution in [0.15, 0.2) is 25.0 Å². The van der Waals surface area contributed by atoms with Gasteiger partial charge in [-0.1, -0.05) is 6.42 Å². The lowest BCUT2D eigenvalue weighted by Crippen LogP contribution is -2.47. The maximum Gasteiger partial charge on any atom is 0.236 e. The van der Waals surface area contributed by atoms with Gasteiger partial charge in [0, 0.05) is 38.4 Å². The third-order valence-corrected chi connectivity index (χ3v) is 4.56. The van der Waals surface area contributed by atoms with Crippen molar-refractivity contribution in [3.8, 4) is 0 Å². The van der Waals surface area contributed by atoms with E-state index < -0.39 is 0 Å². The van der Waals surface area contributed by atoms with Crippen LogP contribution in [0.2, 0.25) is 0 Å². The Morgan fingerprint density at radius 3 is 2.96 bits per heavy atom. The second-order valence-electron chi connectivity index (χ2n) is 6.51. The molecule has 1 atom stereocenters. The Labute approximate surface area is 142 Å². The zero-order valence-corrected chi connectivity index (χ0v) is 14.4. The molecule has 1 aliphatic heterocycles. The number of hydrogen-bond acceptors (Lipinski definition) is 5. The van der Waals surface area contributed by atoms with Gasteiger partial charge >= 0.3 is 0 Å². The molecule has 1 aliphatic rings. The topological polar surface area (TPSA) is 72.1 Å². The van der Waals surface area contributed by atoms with E-state index in [0.717, 1.165) is 31.5 Å². The normalized spacial score (nSPS) is 18.7. The van der Waals surface area contributed by atoms with E-state index >= 15 is 0 Å². The maximum absolute atomic E-state index is 12.6. The second-order valence-corrected chi connectivity index (χ2v) is 6.51. The molecular formula is C16H25N7O. The van der Waals surface area contributed by atoms with E-state index in [1.165, 1.54) is 6.42 Å². The molecule has 24 heavy (non-hydrogen) atoms. The van der Waals surface area contributed by atoms with Gasteiger partial charge in [0.15, 0.2) is 0 Å². The first-order valence-electron chi connectivity index (χ1n) is 8.40. The number of piperidine rings is 1. The molecule has 1 saturated heterocycles. The van der Waals surface area contributed by atoms with Gasteiger partial charge in [0.1, 0.15) is 12.7 Å². The fourth-order valence-electron chi connectivity index (χ4n) is 3.23. The predicted molar refractivity (Wildman–Crippen MR) is 88.9 cm³/mol. The summed E-state index contributed by atoms with van der Waals surface area (Å²) in [5.74, 6) is 0.143. The average Bonchev–Trinajstić information content (AvgIpc) is 3.21.